The Hall–Kier alpha value is -3.18. The third-order valence-corrected chi connectivity index (χ3v) is 4.55. The Bertz CT molecular complexity index is 1150. The van der Waals surface area contributed by atoms with E-state index in [4.69, 9.17) is 16.0 Å². The van der Waals surface area contributed by atoms with Crippen LogP contribution in [0, 0.1) is 11.3 Å². The summed E-state index contributed by atoms with van der Waals surface area (Å²) in [6.45, 7) is 0.302. The second-order valence-electron chi connectivity index (χ2n) is 5.87. The summed E-state index contributed by atoms with van der Waals surface area (Å²) in [6.07, 6.45) is 1.28. The van der Waals surface area contributed by atoms with E-state index < -0.39 is 11.2 Å². The standard InChI is InChI=1S/C17H12ClN5O3/c18-11-5-3-10(4-6-11)15-21-20-14(26-15)9-23-16(24)12(8-19)13-2-1-7-22(13)17(23)25/h3-6H,1-2,7,9H2. The smallest absolute Gasteiger partial charge is 0.331 e. The van der Waals surface area contributed by atoms with E-state index >= 15 is 0 Å². The van der Waals surface area contributed by atoms with Crippen molar-refractivity contribution in [1.82, 2.24) is 19.3 Å². The van der Waals surface area contributed by atoms with Crippen molar-refractivity contribution in [3.63, 3.8) is 0 Å². The molecule has 0 fully saturated rings. The Kier molecular flexibility index (Phi) is 3.93. The van der Waals surface area contributed by atoms with Crippen LogP contribution < -0.4 is 11.2 Å². The Labute approximate surface area is 151 Å². The maximum Gasteiger partial charge on any atom is 0.331 e. The number of benzene rings is 1. The first kappa shape index (κ1) is 16.3. The van der Waals surface area contributed by atoms with E-state index in [-0.39, 0.29) is 23.9 Å². The minimum Gasteiger partial charge on any atom is -0.419 e. The number of hydrogen-bond donors (Lipinski definition) is 0. The van der Waals surface area contributed by atoms with Gasteiger partial charge in [0.1, 0.15) is 18.2 Å². The van der Waals surface area contributed by atoms with Gasteiger partial charge in [-0.2, -0.15) is 5.26 Å². The van der Waals surface area contributed by atoms with Gasteiger partial charge in [0, 0.05) is 22.8 Å². The predicted octanol–water partition coefficient (Wildman–Crippen LogP) is 1.58. The number of rotatable bonds is 3. The molecule has 3 aromatic rings. The average Bonchev–Trinajstić information content (AvgIpc) is 3.29. The van der Waals surface area contributed by atoms with Crippen molar-refractivity contribution in [3.8, 4) is 17.5 Å². The van der Waals surface area contributed by atoms with E-state index in [1.807, 2.05) is 6.07 Å². The molecular formula is C17H12ClN5O3. The van der Waals surface area contributed by atoms with Crippen molar-refractivity contribution < 1.29 is 4.42 Å². The van der Waals surface area contributed by atoms with Gasteiger partial charge in [0.25, 0.3) is 5.56 Å². The van der Waals surface area contributed by atoms with Crippen molar-refractivity contribution in [1.29, 1.82) is 5.26 Å². The van der Waals surface area contributed by atoms with Gasteiger partial charge in [0.05, 0.1) is 0 Å². The highest BCUT2D eigenvalue weighted by atomic mass is 35.5. The second kappa shape index (κ2) is 6.28. The predicted molar refractivity (Wildman–Crippen MR) is 91.8 cm³/mol. The molecule has 0 bridgehead atoms. The molecule has 0 saturated heterocycles. The maximum atomic E-state index is 12.6. The molecule has 26 heavy (non-hydrogen) atoms. The van der Waals surface area contributed by atoms with Gasteiger partial charge in [-0.05, 0) is 37.1 Å². The minimum absolute atomic E-state index is 0.000426. The van der Waals surface area contributed by atoms with Crippen LogP contribution in [0.25, 0.3) is 11.5 Å². The quantitative estimate of drug-likeness (QED) is 0.693. The first-order valence-electron chi connectivity index (χ1n) is 7.93. The normalized spacial score (nSPS) is 12.8. The van der Waals surface area contributed by atoms with Gasteiger partial charge in [0.15, 0.2) is 0 Å². The number of fused-ring (bicyclic) bond motifs is 1. The zero-order valence-electron chi connectivity index (χ0n) is 13.5. The summed E-state index contributed by atoms with van der Waals surface area (Å²) < 4.78 is 7.99. The Morgan fingerprint density at radius 2 is 2.00 bits per heavy atom. The summed E-state index contributed by atoms with van der Waals surface area (Å²) in [5.74, 6) is 0.364. The summed E-state index contributed by atoms with van der Waals surface area (Å²) in [4.78, 5) is 25.1. The van der Waals surface area contributed by atoms with E-state index in [0.717, 1.165) is 11.0 Å². The van der Waals surface area contributed by atoms with Gasteiger partial charge in [-0.25, -0.2) is 9.36 Å². The third kappa shape index (κ3) is 2.62. The van der Waals surface area contributed by atoms with E-state index in [1.54, 1.807) is 24.3 Å². The van der Waals surface area contributed by atoms with Gasteiger partial charge in [-0.3, -0.25) is 9.36 Å². The van der Waals surface area contributed by atoms with Crippen LogP contribution in [0.2, 0.25) is 5.02 Å². The van der Waals surface area contributed by atoms with Gasteiger partial charge >= 0.3 is 5.69 Å². The molecule has 0 spiro atoms. The average molecular weight is 370 g/mol. The van der Waals surface area contributed by atoms with Crippen molar-refractivity contribution in [2.45, 2.75) is 25.9 Å². The Morgan fingerprint density at radius 3 is 2.73 bits per heavy atom. The highest BCUT2D eigenvalue weighted by molar-refractivity contribution is 6.30. The number of nitriles is 1. The fourth-order valence-electron chi connectivity index (χ4n) is 3.05. The van der Waals surface area contributed by atoms with Gasteiger partial charge in [-0.15, -0.1) is 10.2 Å². The molecule has 0 radical (unpaired) electrons. The maximum absolute atomic E-state index is 12.6. The minimum atomic E-state index is -0.628. The molecule has 1 aromatic carbocycles. The topological polar surface area (TPSA) is 107 Å². The molecule has 3 heterocycles. The number of halogens is 1. The Balaban J connectivity index is 1.73. The van der Waals surface area contributed by atoms with Crippen molar-refractivity contribution >= 4 is 11.6 Å². The molecule has 0 saturated carbocycles. The summed E-state index contributed by atoms with van der Waals surface area (Å²) >= 11 is 5.85. The molecule has 8 nitrogen and oxygen atoms in total. The van der Waals surface area contributed by atoms with E-state index in [2.05, 4.69) is 10.2 Å². The summed E-state index contributed by atoms with van der Waals surface area (Å²) in [6, 6.07) is 8.75. The monoisotopic (exact) mass is 369 g/mol. The number of hydrogen-bond acceptors (Lipinski definition) is 6. The molecule has 0 N–H and O–H groups in total. The lowest BCUT2D eigenvalue weighted by molar-refractivity contribution is 0.469. The summed E-state index contributed by atoms with van der Waals surface area (Å²) in [7, 11) is 0. The van der Waals surface area contributed by atoms with Gasteiger partial charge < -0.3 is 4.42 Å². The van der Waals surface area contributed by atoms with Gasteiger partial charge in [-0.1, -0.05) is 11.6 Å². The largest absolute Gasteiger partial charge is 0.419 e. The third-order valence-electron chi connectivity index (χ3n) is 4.29. The molecule has 0 atom stereocenters. The second-order valence-corrected chi connectivity index (χ2v) is 6.31. The lowest BCUT2D eigenvalue weighted by Crippen LogP contribution is -2.42. The molecule has 0 unspecified atom stereocenters. The van der Waals surface area contributed by atoms with E-state index in [9.17, 15) is 14.9 Å². The fourth-order valence-corrected chi connectivity index (χ4v) is 3.18. The summed E-state index contributed by atoms with van der Waals surface area (Å²) in [5, 5.41) is 17.7. The van der Waals surface area contributed by atoms with Crippen LogP contribution in [-0.2, 0) is 19.5 Å². The van der Waals surface area contributed by atoms with Crippen LogP contribution in [0.1, 0.15) is 23.6 Å². The van der Waals surface area contributed by atoms with Crippen LogP contribution in [0.5, 0.6) is 0 Å². The molecule has 9 heteroatoms. The van der Waals surface area contributed by atoms with Crippen LogP contribution in [0.15, 0.2) is 38.3 Å². The number of nitrogens with zero attached hydrogens (tertiary/aromatic N) is 5. The zero-order valence-corrected chi connectivity index (χ0v) is 14.2. The first-order chi connectivity index (χ1) is 12.6. The zero-order chi connectivity index (χ0) is 18.3. The van der Waals surface area contributed by atoms with Gasteiger partial charge in [0.2, 0.25) is 11.8 Å². The molecular weight excluding hydrogens is 358 g/mol. The molecule has 1 aliphatic heterocycles. The molecule has 2 aromatic heterocycles. The van der Waals surface area contributed by atoms with Crippen molar-refractivity contribution in [2.24, 2.45) is 0 Å². The Morgan fingerprint density at radius 1 is 1.23 bits per heavy atom. The van der Waals surface area contributed by atoms with E-state index in [0.29, 0.717) is 29.2 Å². The fraction of sp³-hybridized carbons (Fsp3) is 0.235. The lowest BCUT2D eigenvalue weighted by atomic mass is 10.2. The molecule has 1 aliphatic rings. The lowest BCUT2D eigenvalue weighted by Gasteiger charge is -2.09. The van der Waals surface area contributed by atoms with Crippen LogP contribution in [0.3, 0.4) is 0 Å². The van der Waals surface area contributed by atoms with Crippen LogP contribution in [0.4, 0.5) is 0 Å². The molecule has 4 rings (SSSR count). The molecule has 0 aliphatic carbocycles. The molecule has 130 valence electrons. The van der Waals surface area contributed by atoms with Crippen LogP contribution in [-0.4, -0.2) is 19.3 Å². The molecule has 0 amide bonds. The summed E-state index contributed by atoms with van der Waals surface area (Å²) in [5.41, 5.74) is 0.0826. The van der Waals surface area contributed by atoms with E-state index in [1.165, 1.54) is 4.57 Å². The first-order valence-corrected chi connectivity index (χ1v) is 8.31. The highest BCUT2D eigenvalue weighted by Crippen LogP contribution is 2.20. The van der Waals surface area contributed by atoms with Crippen LogP contribution >= 0.6 is 11.6 Å². The van der Waals surface area contributed by atoms with Crippen molar-refractivity contribution in [2.75, 3.05) is 0 Å². The SMILES string of the molecule is N#Cc1c2n(c(=O)n(Cc3nnc(-c4ccc(Cl)cc4)o3)c1=O)CCC2. The number of aromatic nitrogens is 4. The van der Waals surface area contributed by atoms with Crippen molar-refractivity contribution in [3.05, 3.63) is 67.3 Å². The highest BCUT2D eigenvalue weighted by Gasteiger charge is 2.23.